The van der Waals surface area contributed by atoms with E-state index in [9.17, 15) is 14.4 Å². The van der Waals surface area contributed by atoms with Gasteiger partial charge in [0.2, 0.25) is 18.6 Å². The molecule has 0 saturated heterocycles. The van der Waals surface area contributed by atoms with E-state index in [1.54, 1.807) is 30.3 Å². The van der Waals surface area contributed by atoms with Crippen molar-refractivity contribution >= 4 is 23.4 Å². The molecule has 3 rings (SSSR count). The summed E-state index contributed by atoms with van der Waals surface area (Å²) in [5.74, 6) is -0.117. The molecule has 0 fully saturated rings. The van der Waals surface area contributed by atoms with Crippen LogP contribution in [0.1, 0.15) is 15.9 Å². The van der Waals surface area contributed by atoms with Gasteiger partial charge in [-0.2, -0.15) is 0 Å². The summed E-state index contributed by atoms with van der Waals surface area (Å²) < 4.78 is 15.6. The number of benzene rings is 2. The number of methoxy groups -OCH3 is 1. The predicted molar refractivity (Wildman–Crippen MR) is 113 cm³/mol. The Labute approximate surface area is 180 Å². The second-order valence-electron chi connectivity index (χ2n) is 6.98. The average Bonchev–Trinajstić information content (AvgIpc) is 3.24. The number of fused-ring (bicyclic) bond motifs is 1. The van der Waals surface area contributed by atoms with Crippen LogP contribution in [0.15, 0.2) is 42.5 Å². The average molecular weight is 427 g/mol. The van der Waals surface area contributed by atoms with E-state index in [4.69, 9.17) is 14.2 Å². The number of amides is 3. The quantitative estimate of drug-likeness (QED) is 0.629. The van der Waals surface area contributed by atoms with E-state index >= 15 is 0 Å². The Morgan fingerprint density at radius 3 is 2.52 bits per heavy atom. The van der Waals surface area contributed by atoms with Crippen molar-refractivity contribution in [3.8, 4) is 11.5 Å². The highest BCUT2D eigenvalue weighted by Crippen LogP contribution is 2.32. The van der Waals surface area contributed by atoms with Gasteiger partial charge in [-0.3, -0.25) is 14.4 Å². The summed E-state index contributed by atoms with van der Waals surface area (Å²) in [5.41, 5.74) is 2.09. The van der Waals surface area contributed by atoms with Crippen molar-refractivity contribution in [1.82, 2.24) is 10.2 Å². The number of ether oxygens (including phenoxy) is 3. The Hall–Kier alpha value is -3.59. The molecule has 0 radical (unpaired) electrons. The van der Waals surface area contributed by atoms with Crippen LogP contribution in [0.25, 0.3) is 0 Å². The molecule has 1 aliphatic heterocycles. The number of carbonyl (C=O) groups excluding carboxylic acids is 3. The van der Waals surface area contributed by atoms with Crippen molar-refractivity contribution in [2.45, 2.75) is 6.92 Å². The van der Waals surface area contributed by atoms with Crippen LogP contribution in [0.2, 0.25) is 0 Å². The van der Waals surface area contributed by atoms with Crippen molar-refractivity contribution < 1.29 is 28.6 Å². The second-order valence-corrected chi connectivity index (χ2v) is 6.98. The van der Waals surface area contributed by atoms with Gasteiger partial charge in [0.05, 0.1) is 19.7 Å². The van der Waals surface area contributed by atoms with Crippen molar-refractivity contribution in [1.29, 1.82) is 0 Å². The van der Waals surface area contributed by atoms with E-state index < -0.39 is 5.91 Å². The first-order valence-electron chi connectivity index (χ1n) is 9.77. The number of carbonyl (C=O) groups is 3. The third kappa shape index (κ3) is 6.19. The molecule has 1 heterocycles. The van der Waals surface area contributed by atoms with Gasteiger partial charge < -0.3 is 29.7 Å². The molecule has 0 spiro atoms. The maximum Gasteiger partial charge on any atom is 0.254 e. The number of anilines is 1. The summed E-state index contributed by atoms with van der Waals surface area (Å²) in [5, 5.41) is 5.24. The van der Waals surface area contributed by atoms with Gasteiger partial charge in [0.1, 0.15) is 0 Å². The number of rotatable bonds is 9. The van der Waals surface area contributed by atoms with Crippen LogP contribution in [0.4, 0.5) is 5.69 Å². The van der Waals surface area contributed by atoms with Crippen molar-refractivity contribution in [2.24, 2.45) is 0 Å². The first-order valence-corrected chi connectivity index (χ1v) is 9.77. The second kappa shape index (κ2) is 10.4. The monoisotopic (exact) mass is 427 g/mol. The van der Waals surface area contributed by atoms with Crippen molar-refractivity contribution in [3.63, 3.8) is 0 Å². The number of hydrogen-bond acceptors (Lipinski definition) is 6. The lowest BCUT2D eigenvalue weighted by molar-refractivity contribution is -0.124. The van der Waals surface area contributed by atoms with Gasteiger partial charge in [0.25, 0.3) is 5.91 Å². The van der Waals surface area contributed by atoms with Crippen molar-refractivity contribution in [2.75, 3.05) is 45.5 Å². The van der Waals surface area contributed by atoms with E-state index in [0.717, 1.165) is 5.56 Å². The smallest absolute Gasteiger partial charge is 0.254 e. The summed E-state index contributed by atoms with van der Waals surface area (Å²) in [7, 11) is 1.51. The van der Waals surface area contributed by atoms with Gasteiger partial charge in [0.15, 0.2) is 11.5 Å². The fourth-order valence-corrected chi connectivity index (χ4v) is 2.92. The van der Waals surface area contributed by atoms with Gasteiger partial charge in [-0.25, -0.2) is 0 Å². The molecule has 0 unspecified atom stereocenters. The summed E-state index contributed by atoms with van der Waals surface area (Å²) in [6, 6.07) is 12.2. The Bertz CT molecular complexity index is 945. The summed E-state index contributed by atoms with van der Waals surface area (Å²) in [6.07, 6.45) is 0. The van der Waals surface area contributed by atoms with E-state index in [-0.39, 0.29) is 44.8 Å². The lowest BCUT2D eigenvalue weighted by Gasteiger charge is -2.22. The Morgan fingerprint density at radius 2 is 1.77 bits per heavy atom. The molecule has 164 valence electrons. The van der Waals surface area contributed by atoms with Gasteiger partial charge in [-0.15, -0.1) is 0 Å². The predicted octanol–water partition coefficient (Wildman–Crippen LogP) is 1.57. The Kier molecular flexibility index (Phi) is 7.45. The summed E-state index contributed by atoms with van der Waals surface area (Å²) in [6.45, 7) is 2.11. The zero-order valence-electron chi connectivity index (χ0n) is 17.5. The van der Waals surface area contributed by atoms with Crippen LogP contribution < -0.4 is 20.1 Å². The minimum Gasteiger partial charge on any atom is -0.454 e. The van der Waals surface area contributed by atoms with Crippen LogP contribution in [0, 0.1) is 6.92 Å². The molecular weight excluding hydrogens is 402 g/mol. The van der Waals surface area contributed by atoms with Gasteiger partial charge >= 0.3 is 0 Å². The van der Waals surface area contributed by atoms with E-state index in [2.05, 4.69) is 10.6 Å². The number of nitrogens with one attached hydrogen (secondary N) is 2. The van der Waals surface area contributed by atoms with Gasteiger partial charge in [0, 0.05) is 24.9 Å². The van der Waals surface area contributed by atoms with Crippen LogP contribution in [-0.4, -0.2) is 62.8 Å². The molecule has 31 heavy (non-hydrogen) atoms. The zero-order chi connectivity index (χ0) is 22.2. The molecule has 0 aliphatic carbocycles. The standard InChI is InChI=1S/C22H25N3O6/c1-15-3-6-17(7-4-15)24-20(26)12-23-21(27)13-25(9-10-29-2)22(28)16-5-8-18-19(11-16)31-14-30-18/h3-8,11H,9-10,12-14H2,1-2H3,(H,23,27)(H,24,26). The summed E-state index contributed by atoms with van der Waals surface area (Å²) >= 11 is 0. The van der Waals surface area contributed by atoms with Crippen LogP contribution in [0.5, 0.6) is 11.5 Å². The lowest BCUT2D eigenvalue weighted by Crippen LogP contribution is -2.44. The normalized spacial score (nSPS) is 11.7. The highest BCUT2D eigenvalue weighted by Gasteiger charge is 2.22. The molecule has 2 N–H and O–H groups in total. The van der Waals surface area contributed by atoms with E-state index in [1.807, 2.05) is 19.1 Å². The molecule has 2 aromatic rings. The highest BCUT2D eigenvalue weighted by atomic mass is 16.7. The maximum atomic E-state index is 12.9. The molecule has 0 saturated carbocycles. The first kappa shape index (κ1) is 22.1. The molecule has 9 nitrogen and oxygen atoms in total. The number of aryl methyl sites for hydroxylation is 1. The molecule has 9 heteroatoms. The van der Waals surface area contributed by atoms with Gasteiger partial charge in [-0.1, -0.05) is 17.7 Å². The third-order valence-corrected chi connectivity index (χ3v) is 4.59. The molecular formula is C22H25N3O6. The minimum absolute atomic E-state index is 0.105. The SMILES string of the molecule is COCCN(CC(=O)NCC(=O)Nc1ccc(C)cc1)C(=O)c1ccc2c(c1)OCO2. The third-order valence-electron chi connectivity index (χ3n) is 4.59. The topological polar surface area (TPSA) is 106 Å². The van der Waals surface area contributed by atoms with Gasteiger partial charge in [-0.05, 0) is 37.3 Å². The zero-order valence-corrected chi connectivity index (χ0v) is 17.5. The first-order chi connectivity index (χ1) is 15.0. The molecule has 1 aliphatic rings. The van der Waals surface area contributed by atoms with E-state index in [1.165, 1.54) is 12.0 Å². The molecule has 0 bridgehead atoms. The number of nitrogens with zero attached hydrogens (tertiary/aromatic N) is 1. The van der Waals surface area contributed by atoms with Crippen LogP contribution >= 0.6 is 0 Å². The molecule has 0 atom stereocenters. The minimum atomic E-state index is -0.454. The number of hydrogen-bond donors (Lipinski definition) is 2. The van der Waals surface area contributed by atoms with E-state index in [0.29, 0.717) is 22.7 Å². The highest BCUT2D eigenvalue weighted by molar-refractivity contribution is 5.98. The summed E-state index contributed by atoms with van der Waals surface area (Å²) in [4.78, 5) is 38.7. The van der Waals surface area contributed by atoms with Crippen LogP contribution in [0.3, 0.4) is 0 Å². The Balaban J connectivity index is 1.55. The lowest BCUT2D eigenvalue weighted by atomic mass is 10.1. The molecule has 2 aromatic carbocycles. The molecule has 3 amide bonds. The van der Waals surface area contributed by atoms with Crippen molar-refractivity contribution in [3.05, 3.63) is 53.6 Å². The fraction of sp³-hybridized carbons (Fsp3) is 0.318. The van der Waals surface area contributed by atoms with Crippen LogP contribution in [-0.2, 0) is 14.3 Å². The maximum absolute atomic E-state index is 12.9. The Morgan fingerprint density at radius 1 is 1.03 bits per heavy atom. The fourth-order valence-electron chi connectivity index (χ4n) is 2.92. The largest absolute Gasteiger partial charge is 0.454 e. The molecule has 0 aromatic heterocycles.